The third kappa shape index (κ3) is 2.21. The van der Waals surface area contributed by atoms with E-state index in [4.69, 9.17) is 0 Å². The molecular weight excluding hydrogens is 205 g/mol. The fraction of sp³-hybridized carbons (Fsp3) is 0.250. The number of aryl methyl sites for hydroxylation is 2. The fourth-order valence-electron chi connectivity index (χ4n) is 1.59. The van der Waals surface area contributed by atoms with Gasteiger partial charge in [0.15, 0.2) is 0 Å². The van der Waals surface area contributed by atoms with Crippen LogP contribution in [0.5, 0.6) is 0 Å². The minimum absolute atomic E-state index is 0.208. The zero-order chi connectivity index (χ0) is 11.5. The first-order valence-corrected chi connectivity index (χ1v) is 5.14. The highest BCUT2D eigenvalue weighted by molar-refractivity contribution is 5.43. The fourth-order valence-corrected chi connectivity index (χ4v) is 1.59. The van der Waals surface area contributed by atoms with Crippen LogP contribution in [0, 0.1) is 12.7 Å². The molecule has 4 heteroatoms. The number of anilines is 1. The largest absolute Gasteiger partial charge is 0.366 e. The average Bonchev–Trinajstić information content (AvgIpc) is 2.59. The van der Waals surface area contributed by atoms with Crippen molar-refractivity contribution in [3.63, 3.8) is 0 Å². The first-order chi connectivity index (χ1) is 7.66. The SMILES string of the molecule is Cc1cnn(C)c1NCc1ccc(F)cc1. The second-order valence-corrected chi connectivity index (χ2v) is 3.78. The Labute approximate surface area is 93.9 Å². The lowest BCUT2D eigenvalue weighted by Gasteiger charge is -2.07. The molecule has 1 heterocycles. The van der Waals surface area contributed by atoms with Crippen molar-refractivity contribution in [1.82, 2.24) is 9.78 Å². The molecule has 0 unspecified atom stereocenters. The van der Waals surface area contributed by atoms with Crippen molar-refractivity contribution >= 4 is 5.82 Å². The van der Waals surface area contributed by atoms with E-state index >= 15 is 0 Å². The van der Waals surface area contributed by atoms with Crippen molar-refractivity contribution in [3.8, 4) is 0 Å². The van der Waals surface area contributed by atoms with Gasteiger partial charge in [-0.1, -0.05) is 12.1 Å². The van der Waals surface area contributed by atoms with Crippen LogP contribution >= 0.6 is 0 Å². The van der Waals surface area contributed by atoms with Crippen LogP contribution in [0.4, 0.5) is 10.2 Å². The zero-order valence-corrected chi connectivity index (χ0v) is 9.37. The van der Waals surface area contributed by atoms with Crippen LogP contribution in [0.2, 0.25) is 0 Å². The van der Waals surface area contributed by atoms with Gasteiger partial charge in [-0.2, -0.15) is 5.10 Å². The van der Waals surface area contributed by atoms with Gasteiger partial charge in [0.25, 0.3) is 0 Å². The smallest absolute Gasteiger partial charge is 0.127 e. The molecule has 16 heavy (non-hydrogen) atoms. The monoisotopic (exact) mass is 219 g/mol. The molecule has 1 aromatic carbocycles. The van der Waals surface area contributed by atoms with E-state index in [2.05, 4.69) is 10.4 Å². The molecule has 0 fully saturated rings. The van der Waals surface area contributed by atoms with Gasteiger partial charge in [0, 0.05) is 19.2 Å². The lowest BCUT2D eigenvalue weighted by atomic mass is 10.2. The summed E-state index contributed by atoms with van der Waals surface area (Å²) in [5.41, 5.74) is 2.15. The molecule has 0 amide bonds. The first-order valence-electron chi connectivity index (χ1n) is 5.14. The third-order valence-corrected chi connectivity index (χ3v) is 2.49. The molecule has 2 aromatic rings. The van der Waals surface area contributed by atoms with E-state index in [-0.39, 0.29) is 5.82 Å². The van der Waals surface area contributed by atoms with Gasteiger partial charge in [-0.3, -0.25) is 4.68 Å². The Morgan fingerprint density at radius 1 is 1.31 bits per heavy atom. The molecule has 0 radical (unpaired) electrons. The number of hydrogen-bond donors (Lipinski definition) is 1. The lowest BCUT2D eigenvalue weighted by molar-refractivity contribution is 0.627. The lowest BCUT2D eigenvalue weighted by Crippen LogP contribution is -2.05. The summed E-state index contributed by atoms with van der Waals surface area (Å²) in [6.07, 6.45) is 1.81. The normalized spacial score (nSPS) is 10.4. The predicted molar refractivity (Wildman–Crippen MR) is 61.7 cm³/mol. The molecule has 0 aliphatic rings. The molecule has 0 saturated carbocycles. The molecule has 2 rings (SSSR count). The summed E-state index contributed by atoms with van der Waals surface area (Å²) < 4.78 is 14.5. The van der Waals surface area contributed by atoms with Crippen molar-refractivity contribution < 1.29 is 4.39 Å². The van der Waals surface area contributed by atoms with E-state index in [0.717, 1.165) is 16.9 Å². The highest BCUT2D eigenvalue weighted by atomic mass is 19.1. The minimum atomic E-state index is -0.208. The number of nitrogens with zero attached hydrogens (tertiary/aromatic N) is 2. The van der Waals surface area contributed by atoms with Crippen molar-refractivity contribution in [2.45, 2.75) is 13.5 Å². The number of nitrogens with one attached hydrogen (secondary N) is 1. The van der Waals surface area contributed by atoms with Gasteiger partial charge in [-0.05, 0) is 24.6 Å². The van der Waals surface area contributed by atoms with Crippen molar-refractivity contribution in [3.05, 3.63) is 47.4 Å². The summed E-state index contributed by atoms with van der Waals surface area (Å²) in [6, 6.07) is 6.47. The summed E-state index contributed by atoms with van der Waals surface area (Å²) >= 11 is 0. The number of rotatable bonds is 3. The van der Waals surface area contributed by atoms with E-state index in [1.807, 2.05) is 20.2 Å². The second kappa shape index (κ2) is 4.35. The van der Waals surface area contributed by atoms with Crippen LogP contribution in [0.1, 0.15) is 11.1 Å². The van der Waals surface area contributed by atoms with E-state index in [1.165, 1.54) is 12.1 Å². The maximum atomic E-state index is 12.7. The predicted octanol–water partition coefficient (Wildman–Crippen LogP) is 2.48. The van der Waals surface area contributed by atoms with Crippen LogP contribution in [0.3, 0.4) is 0 Å². The number of aromatic nitrogens is 2. The van der Waals surface area contributed by atoms with Crippen molar-refractivity contribution in [2.75, 3.05) is 5.32 Å². The van der Waals surface area contributed by atoms with Crippen LogP contribution < -0.4 is 5.32 Å². The van der Waals surface area contributed by atoms with Crippen LogP contribution in [0.25, 0.3) is 0 Å². The molecule has 3 nitrogen and oxygen atoms in total. The summed E-state index contributed by atoms with van der Waals surface area (Å²) in [6.45, 7) is 2.67. The molecule has 1 aromatic heterocycles. The summed E-state index contributed by atoms with van der Waals surface area (Å²) in [7, 11) is 1.89. The number of halogens is 1. The quantitative estimate of drug-likeness (QED) is 0.859. The Morgan fingerprint density at radius 2 is 2.00 bits per heavy atom. The standard InChI is InChI=1S/C12H14FN3/c1-9-7-15-16(2)12(9)14-8-10-3-5-11(13)6-4-10/h3-7,14H,8H2,1-2H3. The Bertz CT molecular complexity index is 454. The summed E-state index contributed by atoms with van der Waals surface area (Å²) in [4.78, 5) is 0. The minimum Gasteiger partial charge on any atom is -0.366 e. The molecule has 1 N–H and O–H groups in total. The Morgan fingerprint density at radius 3 is 2.56 bits per heavy atom. The topological polar surface area (TPSA) is 29.9 Å². The van der Waals surface area contributed by atoms with Gasteiger partial charge in [0.1, 0.15) is 11.6 Å². The summed E-state index contributed by atoms with van der Waals surface area (Å²) in [5, 5.41) is 7.41. The molecule has 84 valence electrons. The molecule has 0 aliphatic heterocycles. The number of hydrogen-bond acceptors (Lipinski definition) is 2. The van der Waals surface area contributed by atoms with Gasteiger partial charge in [0.2, 0.25) is 0 Å². The van der Waals surface area contributed by atoms with E-state index in [1.54, 1.807) is 16.8 Å². The Kier molecular flexibility index (Phi) is 2.90. The van der Waals surface area contributed by atoms with E-state index in [0.29, 0.717) is 6.54 Å². The highest BCUT2D eigenvalue weighted by Gasteiger charge is 2.03. The first kappa shape index (κ1) is 10.7. The molecule has 0 aliphatic carbocycles. The summed E-state index contributed by atoms with van der Waals surface area (Å²) in [5.74, 6) is 0.782. The molecule has 0 saturated heterocycles. The van der Waals surface area contributed by atoms with Gasteiger partial charge in [-0.25, -0.2) is 4.39 Å². The van der Waals surface area contributed by atoms with Crippen LogP contribution in [-0.4, -0.2) is 9.78 Å². The highest BCUT2D eigenvalue weighted by Crippen LogP contribution is 2.13. The zero-order valence-electron chi connectivity index (χ0n) is 9.37. The van der Waals surface area contributed by atoms with Crippen LogP contribution in [-0.2, 0) is 13.6 Å². The molecular formula is C12H14FN3. The second-order valence-electron chi connectivity index (χ2n) is 3.78. The van der Waals surface area contributed by atoms with Gasteiger partial charge in [-0.15, -0.1) is 0 Å². The van der Waals surface area contributed by atoms with E-state index < -0.39 is 0 Å². The average molecular weight is 219 g/mol. The Balaban J connectivity index is 2.05. The number of benzene rings is 1. The maximum absolute atomic E-state index is 12.7. The third-order valence-electron chi connectivity index (χ3n) is 2.49. The van der Waals surface area contributed by atoms with E-state index in [9.17, 15) is 4.39 Å². The molecule has 0 spiro atoms. The van der Waals surface area contributed by atoms with Gasteiger partial charge < -0.3 is 5.32 Å². The Hall–Kier alpha value is -1.84. The van der Waals surface area contributed by atoms with Crippen LogP contribution in [0.15, 0.2) is 30.5 Å². The van der Waals surface area contributed by atoms with Crippen molar-refractivity contribution in [2.24, 2.45) is 7.05 Å². The van der Waals surface area contributed by atoms with Crippen molar-refractivity contribution in [1.29, 1.82) is 0 Å². The maximum Gasteiger partial charge on any atom is 0.127 e. The molecule has 0 bridgehead atoms. The van der Waals surface area contributed by atoms with Gasteiger partial charge in [0.05, 0.1) is 6.20 Å². The van der Waals surface area contributed by atoms with Gasteiger partial charge >= 0.3 is 0 Å². The molecule has 0 atom stereocenters.